The molecule has 1 aliphatic rings. The Bertz CT molecular complexity index is 1050. The number of carbonyl (C=O) groups is 1. The van der Waals surface area contributed by atoms with Gasteiger partial charge in [0.1, 0.15) is 5.75 Å². The average molecular weight is 429 g/mol. The van der Waals surface area contributed by atoms with Gasteiger partial charge in [-0.25, -0.2) is 9.78 Å². The summed E-state index contributed by atoms with van der Waals surface area (Å²) >= 11 is 1.64. The Morgan fingerprint density at radius 2 is 1.73 bits per heavy atom. The molecule has 0 radical (unpaired) electrons. The number of fused-ring (bicyclic) bond motifs is 1. The molecule has 2 heterocycles. The lowest BCUT2D eigenvalue weighted by Gasteiger charge is -2.34. The maximum absolute atomic E-state index is 12.7. The van der Waals surface area contributed by atoms with E-state index in [0.29, 0.717) is 30.3 Å². The number of urea groups is 1. The summed E-state index contributed by atoms with van der Waals surface area (Å²) in [5.41, 5.74) is 1.63. The maximum atomic E-state index is 12.7. The molecular formula is C21H24N4O4S. The van der Waals surface area contributed by atoms with Gasteiger partial charge in [0.05, 0.1) is 31.5 Å². The number of piperazine rings is 1. The van der Waals surface area contributed by atoms with Crippen LogP contribution in [-0.4, -0.2) is 63.4 Å². The van der Waals surface area contributed by atoms with Crippen molar-refractivity contribution in [2.24, 2.45) is 0 Å². The van der Waals surface area contributed by atoms with Gasteiger partial charge in [0.25, 0.3) is 0 Å². The largest absolute Gasteiger partial charge is 0.497 e. The summed E-state index contributed by atoms with van der Waals surface area (Å²) in [5.74, 6) is 2.03. The molecule has 1 N–H and O–H groups in total. The van der Waals surface area contributed by atoms with Crippen molar-refractivity contribution < 1.29 is 19.0 Å². The predicted octanol–water partition coefficient (Wildman–Crippen LogP) is 3.68. The van der Waals surface area contributed by atoms with Crippen LogP contribution in [0.25, 0.3) is 10.2 Å². The van der Waals surface area contributed by atoms with Crippen molar-refractivity contribution in [3.8, 4) is 17.2 Å². The monoisotopic (exact) mass is 428 g/mol. The molecule has 0 bridgehead atoms. The number of nitrogens with one attached hydrogen (secondary N) is 1. The number of ether oxygens (including phenoxy) is 3. The van der Waals surface area contributed by atoms with Crippen LogP contribution in [0, 0.1) is 0 Å². The molecule has 158 valence electrons. The number of amides is 2. The second kappa shape index (κ2) is 8.66. The standard InChI is InChI=1S/C21H24N4O4S/c1-27-15-5-6-16-19(13-15)30-21(23-16)25-10-8-24(9-11-25)20(26)22-14-4-7-17(28-2)18(12-14)29-3/h4-7,12-13H,8-11H2,1-3H3,(H,22,26). The number of nitrogens with zero attached hydrogens (tertiary/aromatic N) is 3. The van der Waals surface area contributed by atoms with Crippen LogP contribution in [0.2, 0.25) is 0 Å². The third kappa shape index (κ3) is 4.06. The number of benzene rings is 2. The minimum absolute atomic E-state index is 0.129. The highest BCUT2D eigenvalue weighted by Crippen LogP contribution is 2.32. The smallest absolute Gasteiger partial charge is 0.321 e. The van der Waals surface area contributed by atoms with Gasteiger partial charge in [-0.2, -0.15) is 0 Å². The molecule has 2 aromatic carbocycles. The van der Waals surface area contributed by atoms with Crippen molar-refractivity contribution in [3.63, 3.8) is 0 Å². The van der Waals surface area contributed by atoms with Gasteiger partial charge in [0.15, 0.2) is 16.6 Å². The fraction of sp³-hybridized carbons (Fsp3) is 0.333. The summed E-state index contributed by atoms with van der Waals surface area (Å²) in [4.78, 5) is 21.4. The summed E-state index contributed by atoms with van der Waals surface area (Å²) in [7, 11) is 4.81. The first-order valence-electron chi connectivity index (χ1n) is 9.58. The van der Waals surface area contributed by atoms with Crippen molar-refractivity contribution in [1.29, 1.82) is 0 Å². The van der Waals surface area contributed by atoms with Crippen LogP contribution >= 0.6 is 11.3 Å². The molecule has 1 aromatic heterocycles. The van der Waals surface area contributed by atoms with E-state index in [0.717, 1.165) is 34.2 Å². The molecule has 0 atom stereocenters. The number of hydrogen-bond donors (Lipinski definition) is 1. The second-order valence-electron chi connectivity index (χ2n) is 6.80. The minimum atomic E-state index is -0.129. The number of rotatable bonds is 5. The molecule has 9 heteroatoms. The first kappa shape index (κ1) is 20.1. The molecular weight excluding hydrogens is 404 g/mol. The molecule has 0 saturated carbocycles. The van der Waals surface area contributed by atoms with E-state index in [1.807, 2.05) is 23.1 Å². The molecule has 8 nitrogen and oxygen atoms in total. The van der Waals surface area contributed by atoms with Crippen LogP contribution in [0.3, 0.4) is 0 Å². The SMILES string of the molecule is COc1ccc2nc(N3CCN(C(=O)Nc4ccc(OC)c(OC)c4)CC3)sc2c1. The van der Waals surface area contributed by atoms with Crippen LogP contribution in [-0.2, 0) is 0 Å². The molecule has 3 aromatic rings. The average Bonchev–Trinajstić information content (AvgIpc) is 3.22. The Hall–Kier alpha value is -3.20. The summed E-state index contributed by atoms with van der Waals surface area (Å²) in [6, 6.07) is 11.1. The molecule has 2 amide bonds. The van der Waals surface area contributed by atoms with E-state index in [1.165, 1.54) is 0 Å². The van der Waals surface area contributed by atoms with E-state index in [-0.39, 0.29) is 6.03 Å². The Kier molecular flexibility index (Phi) is 5.80. The number of aromatic nitrogens is 1. The van der Waals surface area contributed by atoms with Crippen molar-refractivity contribution in [2.75, 3.05) is 57.7 Å². The number of thiazole rings is 1. The first-order chi connectivity index (χ1) is 14.6. The van der Waals surface area contributed by atoms with Gasteiger partial charge < -0.3 is 29.3 Å². The van der Waals surface area contributed by atoms with Gasteiger partial charge in [-0.15, -0.1) is 0 Å². The zero-order valence-corrected chi connectivity index (χ0v) is 18.0. The van der Waals surface area contributed by atoms with E-state index in [4.69, 9.17) is 19.2 Å². The minimum Gasteiger partial charge on any atom is -0.497 e. The van der Waals surface area contributed by atoms with E-state index in [2.05, 4.69) is 10.2 Å². The van der Waals surface area contributed by atoms with Crippen LogP contribution in [0.15, 0.2) is 36.4 Å². The Labute approximate surface area is 179 Å². The van der Waals surface area contributed by atoms with Gasteiger partial charge in [0, 0.05) is 37.9 Å². The summed E-state index contributed by atoms with van der Waals surface area (Å²) in [5, 5.41) is 3.90. The third-order valence-electron chi connectivity index (χ3n) is 5.06. The topological polar surface area (TPSA) is 76.2 Å². The van der Waals surface area contributed by atoms with Crippen molar-refractivity contribution in [3.05, 3.63) is 36.4 Å². The van der Waals surface area contributed by atoms with Gasteiger partial charge in [-0.1, -0.05) is 11.3 Å². The second-order valence-corrected chi connectivity index (χ2v) is 7.81. The molecule has 1 saturated heterocycles. The predicted molar refractivity (Wildman–Crippen MR) is 119 cm³/mol. The lowest BCUT2D eigenvalue weighted by molar-refractivity contribution is 0.208. The summed E-state index contributed by atoms with van der Waals surface area (Å²) < 4.78 is 16.9. The summed E-state index contributed by atoms with van der Waals surface area (Å²) in [6.45, 7) is 2.71. The van der Waals surface area contributed by atoms with E-state index in [1.54, 1.807) is 50.9 Å². The van der Waals surface area contributed by atoms with Crippen LogP contribution in [0.5, 0.6) is 17.2 Å². The maximum Gasteiger partial charge on any atom is 0.321 e. The number of hydrogen-bond acceptors (Lipinski definition) is 7. The Morgan fingerprint density at radius 1 is 0.967 bits per heavy atom. The quantitative estimate of drug-likeness (QED) is 0.668. The summed E-state index contributed by atoms with van der Waals surface area (Å²) in [6.07, 6.45) is 0. The molecule has 0 spiro atoms. The molecule has 1 fully saturated rings. The lowest BCUT2D eigenvalue weighted by atomic mass is 10.2. The van der Waals surface area contributed by atoms with Gasteiger partial charge in [-0.05, 0) is 30.3 Å². The van der Waals surface area contributed by atoms with Gasteiger partial charge >= 0.3 is 6.03 Å². The fourth-order valence-corrected chi connectivity index (χ4v) is 4.42. The zero-order valence-electron chi connectivity index (χ0n) is 17.2. The van der Waals surface area contributed by atoms with E-state index < -0.39 is 0 Å². The zero-order chi connectivity index (χ0) is 21.1. The highest BCUT2D eigenvalue weighted by Gasteiger charge is 2.23. The van der Waals surface area contributed by atoms with E-state index >= 15 is 0 Å². The van der Waals surface area contributed by atoms with Crippen molar-refractivity contribution >= 4 is 38.4 Å². The van der Waals surface area contributed by atoms with Crippen molar-refractivity contribution in [2.45, 2.75) is 0 Å². The van der Waals surface area contributed by atoms with Crippen LogP contribution in [0.4, 0.5) is 15.6 Å². The van der Waals surface area contributed by atoms with Gasteiger partial charge in [-0.3, -0.25) is 0 Å². The molecule has 0 unspecified atom stereocenters. The normalized spacial score (nSPS) is 14.0. The Morgan fingerprint density at radius 3 is 2.43 bits per heavy atom. The molecule has 4 rings (SSSR count). The third-order valence-corrected chi connectivity index (χ3v) is 6.14. The molecule has 0 aliphatic carbocycles. The number of anilines is 2. The lowest BCUT2D eigenvalue weighted by Crippen LogP contribution is -2.50. The molecule has 1 aliphatic heterocycles. The van der Waals surface area contributed by atoms with Gasteiger partial charge in [0.2, 0.25) is 0 Å². The highest BCUT2D eigenvalue weighted by atomic mass is 32.1. The van der Waals surface area contributed by atoms with Crippen LogP contribution < -0.4 is 24.4 Å². The fourth-order valence-electron chi connectivity index (χ4n) is 3.37. The van der Waals surface area contributed by atoms with E-state index in [9.17, 15) is 4.79 Å². The Balaban J connectivity index is 1.38. The van der Waals surface area contributed by atoms with Crippen LogP contribution in [0.1, 0.15) is 0 Å². The number of carbonyl (C=O) groups excluding carboxylic acids is 1. The highest BCUT2D eigenvalue weighted by molar-refractivity contribution is 7.22. The number of methoxy groups -OCH3 is 3. The first-order valence-corrected chi connectivity index (χ1v) is 10.4. The molecule has 30 heavy (non-hydrogen) atoms. The van der Waals surface area contributed by atoms with Crippen molar-refractivity contribution in [1.82, 2.24) is 9.88 Å².